The number of benzene rings is 1. The quantitative estimate of drug-likeness (QED) is 0.514. The van der Waals surface area contributed by atoms with Crippen molar-refractivity contribution in [2.75, 3.05) is 17.0 Å². The van der Waals surface area contributed by atoms with E-state index in [0.29, 0.717) is 25.2 Å². The SMILES string of the molecule is O=C(NCCCCCCS(=O)(=O)Nc1ccccc1)NCc1cccnc1. The molecule has 7 nitrogen and oxygen atoms in total. The van der Waals surface area contributed by atoms with E-state index < -0.39 is 10.0 Å². The fourth-order valence-electron chi connectivity index (χ4n) is 2.46. The van der Waals surface area contributed by atoms with Crippen molar-refractivity contribution in [3.63, 3.8) is 0 Å². The molecule has 2 aromatic rings. The van der Waals surface area contributed by atoms with E-state index in [1.54, 1.807) is 36.7 Å². The lowest BCUT2D eigenvalue weighted by atomic mass is 10.2. The van der Waals surface area contributed by atoms with Crippen molar-refractivity contribution in [1.82, 2.24) is 15.6 Å². The van der Waals surface area contributed by atoms with Gasteiger partial charge in [-0.2, -0.15) is 0 Å². The highest BCUT2D eigenvalue weighted by Gasteiger charge is 2.09. The number of pyridine rings is 1. The number of anilines is 1. The molecule has 0 saturated carbocycles. The molecule has 0 aliphatic carbocycles. The highest BCUT2D eigenvalue weighted by Crippen LogP contribution is 2.10. The van der Waals surface area contributed by atoms with Crippen LogP contribution in [0.25, 0.3) is 0 Å². The Labute approximate surface area is 160 Å². The minimum atomic E-state index is -3.31. The van der Waals surface area contributed by atoms with Gasteiger partial charge in [0, 0.05) is 31.2 Å². The molecule has 0 aliphatic heterocycles. The first-order valence-corrected chi connectivity index (χ1v) is 10.7. The van der Waals surface area contributed by atoms with Crippen molar-refractivity contribution < 1.29 is 13.2 Å². The Morgan fingerprint density at radius 1 is 0.926 bits per heavy atom. The lowest BCUT2D eigenvalue weighted by Crippen LogP contribution is -2.35. The summed E-state index contributed by atoms with van der Waals surface area (Å²) in [6.45, 7) is 1.000. The van der Waals surface area contributed by atoms with Crippen molar-refractivity contribution in [1.29, 1.82) is 0 Å². The first kappa shape index (κ1) is 20.7. The molecule has 2 amide bonds. The molecule has 0 aliphatic rings. The van der Waals surface area contributed by atoms with Gasteiger partial charge < -0.3 is 10.6 Å². The zero-order chi connectivity index (χ0) is 19.4. The third-order valence-electron chi connectivity index (χ3n) is 3.85. The summed E-state index contributed by atoms with van der Waals surface area (Å²) in [7, 11) is -3.31. The number of sulfonamides is 1. The maximum Gasteiger partial charge on any atom is 0.315 e. The Morgan fingerprint density at radius 2 is 1.70 bits per heavy atom. The molecule has 1 aromatic carbocycles. The van der Waals surface area contributed by atoms with Crippen LogP contribution in [0, 0.1) is 0 Å². The summed E-state index contributed by atoms with van der Waals surface area (Å²) in [4.78, 5) is 15.7. The van der Waals surface area contributed by atoms with Gasteiger partial charge in [-0.15, -0.1) is 0 Å². The molecular weight excluding hydrogens is 364 g/mol. The molecule has 2 rings (SSSR count). The van der Waals surface area contributed by atoms with Gasteiger partial charge in [-0.05, 0) is 36.6 Å². The monoisotopic (exact) mass is 390 g/mol. The number of para-hydroxylation sites is 1. The van der Waals surface area contributed by atoms with E-state index in [1.165, 1.54) is 0 Å². The fraction of sp³-hybridized carbons (Fsp3) is 0.368. The highest BCUT2D eigenvalue weighted by molar-refractivity contribution is 7.92. The average molecular weight is 391 g/mol. The molecule has 0 radical (unpaired) electrons. The van der Waals surface area contributed by atoms with Crippen molar-refractivity contribution in [3.8, 4) is 0 Å². The van der Waals surface area contributed by atoms with Gasteiger partial charge in [-0.1, -0.05) is 37.1 Å². The highest BCUT2D eigenvalue weighted by atomic mass is 32.2. The molecular formula is C19H26N4O3S. The lowest BCUT2D eigenvalue weighted by Gasteiger charge is -2.08. The van der Waals surface area contributed by atoms with Gasteiger partial charge >= 0.3 is 6.03 Å². The maximum atomic E-state index is 12.0. The van der Waals surface area contributed by atoms with Crippen LogP contribution in [0.3, 0.4) is 0 Å². The third-order valence-corrected chi connectivity index (χ3v) is 5.22. The van der Waals surface area contributed by atoms with Crippen LogP contribution in [0.2, 0.25) is 0 Å². The van der Waals surface area contributed by atoms with Crippen molar-refractivity contribution >= 4 is 21.7 Å². The number of urea groups is 1. The van der Waals surface area contributed by atoms with Crippen molar-refractivity contribution in [2.24, 2.45) is 0 Å². The molecule has 8 heteroatoms. The summed E-state index contributed by atoms with van der Waals surface area (Å²) in [5, 5.41) is 5.56. The topological polar surface area (TPSA) is 100 Å². The Bertz CT molecular complexity index is 783. The molecule has 0 spiro atoms. The average Bonchev–Trinajstić information content (AvgIpc) is 2.67. The summed E-state index contributed by atoms with van der Waals surface area (Å²) in [6.07, 6.45) is 6.47. The Morgan fingerprint density at radius 3 is 2.44 bits per heavy atom. The second kappa shape index (κ2) is 11.2. The predicted molar refractivity (Wildman–Crippen MR) is 107 cm³/mol. The van der Waals surface area contributed by atoms with E-state index in [-0.39, 0.29) is 11.8 Å². The Balaban J connectivity index is 1.50. The zero-order valence-corrected chi connectivity index (χ0v) is 16.0. The Hall–Kier alpha value is -2.61. The summed E-state index contributed by atoms with van der Waals surface area (Å²) in [6, 6.07) is 12.4. The van der Waals surface area contributed by atoms with Gasteiger partial charge in [0.15, 0.2) is 0 Å². The van der Waals surface area contributed by atoms with Crippen molar-refractivity contribution in [3.05, 3.63) is 60.4 Å². The van der Waals surface area contributed by atoms with E-state index in [0.717, 1.165) is 24.8 Å². The minimum Gasteiger partial charge on any atom is -0.338 e. The second-order valence-corrected chi connectivity index (χ2v) is 8.01. The number of amides is 2. The van der Waals surface area contributed by atoms with Crippen LogP contribution in [0.1, 0.15) is 31.2 Å². The maximum absolute atomic E-state index is 12.0. The largest absolute Gasteiger partial charge is 0.338 e. The van der Waals surface area contributed by atoms with Crippen LogP contribution in [-0.4, -0.2) is 31.7 Å². The van der Waals surface area contributed by atoms with Gasteiger partial charge in [-0.25, -0.2) is 13.2 Å². The fourth-order valence-corrected chi connectivity index (χ4v) is 3.64. The number of carbonyl (C=O) groups excluding carboxylic acids is 1. The summed E-state index contributed by atoms with van der Waals surface area (Å²) >= 11 is 0. The lowest BCUT2D eigenvalue weighted by molar-refractivity contribution is 0.240. The summed E-state index contributed by atoms with van der Waals surface area (Å²) < 4.78 is 26.5. The number of hydrogen-bond acceptors (Lipinski definition) is 4. The van der Waals surface area contributed by atoms with Crippen LogP contribution in [0.15, 0.2) is 54.9 Å². The van der Waals surface area contributed by atoms with Crippen LogP contribution in [-0.2, 0) is 16.6 Å². The molecule has 0 unspecified atom stereocenters. The number of carbonyl (C=O) groups is 1. The van der Waals surface area contributed by atoms with E-state index in [4.69, 9.17) is 0 Å². The van der Waals surface area contributed by atoms with Crippen LogP contribution >= 0.6 is 0 Å². The number of nitrogens with zero attached hydrogens (tertiary/aromatic N) is 1. The molecule has 146 valence electrons. The number of unbranched alkanes of at least 4 members (excludes halogenated alkanes) is 3. The molecule has 27 heavy (non-hydrogen) atoms. The molecule has 0 atom stereocenters. The molecule has 0 fully saturated rings. The van der Waals surface area contributed by atoms with Gasteiger partial charge in [0.05, 0.1) is 5.75 Å². The Kier molecular flexibility index (Phi) is 8.57. The molecule has 1 aromatic heterocycles. The molecule has 3 N–H and O–H groups in total. The number of nitrogens with one attached hydrogen (secondary N) is 3. The van der Waals surface area contributed by atoms with E-state index in [1.807, 2.05) is 18.2 Å². The molecule has 0 bridgehead atoms. The number of hydrogen-bond donors (Lipinski definition) is 3. The number of aromatic nitrogens is 1. The number of rotatable bonds is 11. The normalized spacial score (nSPS) is 11.0. The predicted octanol–water partition coefficient (Wildman–Crippen LogP) is 2.88. The minimum absolute atomic E-state index is 0.0981. The first-order valence-electron chi connectivity index (χ1n) is 9.01. The van der Waals surface area contributed by atoms with Crippen LogP contribution in [0.5, 0.6) is 0 Å². The van der Waals surface area contributed by atoms with E-state index >= 15 is 0 Å². The second-order valence-electron chi connectivity index (χ2n) is 6.17. The van der Waals surface area contributed by atoms with Crippen molar-refractivity contribution in [2.45, 2.75) is 32.2 Å². The van der Waals surface area contributed by atoms with Gasteiger partial charge in [0.2, 0.25) is 10.0 Å². The van der Waals surface area contributed by atoms with Gasteiger partial charge in [0.1, 0.15) is 0 Å². The zero-order valence-electron chi connectivity index (χ0n) is 15.2. The van der Waals surface area contributed by atoms with Gasteiger partial charge in [0.25, 0.3) is 0 Å². The molecule has 1 heterocycles. The van der Waals surface area contributed by atoms with E-state index in [9.17, 15) is 13.2 Å². The smallest absolute Gasteiger partial charge is 0.315 e. The first-order chi connectivity index (χ1) is 13.1. The standard InChI is InChI=1S/C19H26N4O3S/c24-19(22-16-17-9-8-12-20-15-17)21-13-6-1-2-7-14-27(25,26)23-18-10-4-3-5-11-18/h3-5,8-12,15,23H,1-2,6-7,13-14,16H2,(H2,21,22,24). The summed E-state index contributed by atoms with van der Waals surface area (Å²) in [5.74, 6) is 0.0981. The van der Waals surface area contributed by atoms with Crippen LogP contribution in [0.4, 0.5) is 10.5 Å². The van der Waals surface area contributed by atoms with E-state index in [2.05, 4.69) is 20.3 Å². The van der Waals surface area contributed by atoms with Gasteiger partial charge in [-0.3, -0.25) is 9.71 Å². The summed E-state index contributed by atoms with van der Waals surface area (Å²) in [5.41, 5.74) is 1.52. The van der Waals surface area contributed by atoms with Crippen LogP contribution < -0.4 is 15.4 Å². The molecule has 0 saturated heterocycles. The third kappa shape index (κ3) is 9.05.